The van der Waals surface area contributed by atoms with Crippen LogP contribution in [0.4, 0.5) is 10.1 Å². The molecule has 0 radical (unpaired) electrons. The van der Waals surface area contributed by atoms with E-state index in [2.05, 4.69) is 4.90 Å². The molecule has 1 aliphatic rings. The van der Waals surface area contributed by atoms with Crippen molar-refractivity contribution in [1.82, 2.24) is 0 Å². The number of anilines is 1. The van der Waals surface area contributed by atoms with Gasteiger partial charge in [-0.25, -0.2) is 4.39 Å². The molecule has 0 atom stereocenters. The van der Waals surface area contributed by atoms with Gasteiger partial charge in [-0.05, 0) is 31.0 Å². The fraction of sp³-hybridized carbons (Fsp3) is 0.462. The van der Waals surface area contributed by atoms with E-state index in [1.165, 1.54) is 6.07 Å². The van der Waals surface area contributed by atoms with Gasteiger partial charge in [0.1, 0.15) is 11.6 Å². The molecule has 92 valence electrons. The second-order valence-corrected chi connectivity index (χ2v) is 4.89. The molecule has 1 aliphatic carbocycles. The number of ketones is 1. The fourth-order valence-electron chi connectivity index (χ4n) is 2.23. The second-order valence-electron chi connectivity index (χ2n) is 4.48. The Balaban J connectivity index is 2.11. The van der Waals surface area contributed by atoms with Gasteiger partial charge in [0.2, 0.25) is 0 Å². The van der Waals surface area contributed by atoms with E-state index in [9.17, 15) is 9.18 Å². The topological polar surface area (TPSA) is 20.3 Å². The Bertz CT molecular complexity index is 425. The molecule has 0 bridgehead atoms. The molecule has 0 aromatic heterocycles. The molecule has 0 amide bonds. The molecule has 1 aromatic carbocycles. The molecular weight excluding hydrogens is 241 g/mol. The van der Waals surface area contributed by atoms with Crippen molar-refractivity contribution in [2.24, 2.45) is 0 Å². The smallest absolute Gasteiger partial charge is 0.141 e. The standard InChI is InChI=1S/C13H15ClFNO/c1-16(9-2-5-11(17)6-3-9)10-4-7-13(15)12(14)8-10/h4,7-9H,2-3,5-6H2,1H3. The van der Waals surface area contributed by atoms with Crippen molar-refractivity contribution in [3.8, 4) is 0 Å². The summed E-state index contributed by atoms with van der Waals surface area (Å²) in [5.41, 5.74) is 0.899. The van der Waals surface area contributed by atoms with Crippen LogP contribution in [0, 0.1) is 5.82 Å². The minimum absolute atomic E-state index is 0.140. The highest BCUT2D eigenvalue weighted by Crippen LogP contribution is 2.27. The molecule has 17 heavy (non-hydrogen) atoms. The minimum atomic E-state index is -0.400. The summed E-state index contributed by atoms with van der Waals surface area (Å²) in [5, 5.41) is 0.140. The monoisotopic (exact) mass is 255 g/mol. The molecule has 0 spiro atoms. The number of rotatable bonds is 2. The van der Waals surface area contributed by atoms with Crippen molar-refractivity contribution >= 4 is 23.1 Å². The van der Waals surface area contributed by atoms with E-state index in [-0.39, 0.29) is 5.02 Å². The van der Waals surface area contributed by atoms with Gasteiger partial charge in [0, 0.05) is 31.6 Å². The van der Waals surface area contributed by atoms with E-state index >= 15 is 0 Å². The Morgan fingerprint density at radius 1 is 1.35 bits per heavy atom. The lowest BCUT2D eigenvalue weighted by Crippen LogP contribution is -2.35. The molecular formula is C13H15ClFNO. The van der Waals surface area contributed by atoms with E-state index in [1.54, 1.807) is 12.1 Å². The third kappa shape index (κ3) is 2.78. The summed E-state index contributed by atoms with van der Waals surface area (Å²) in [6, 6.07) is 5.07. The zero-order valence-corrected chi connectivity index (χ0v) is 10.5. The number of carbonyl (C=O) groups is 1. The Kier molecular flexibility index (Phi) is 3.67. The summed E-state index contributed by atoms with van der Waals surface area (Å²) in [5.74, 6) is -0.0607. The van der Waals surface area contributed by atoms with Gasteiger partial charge in [-0.1, -0.05) is 11.6 Å². The van der Waals surface area contributed by atoms with Crippen molar-refractivity contribution < 1.29 is 9.18 Å². The summed E-state index contributed by atoms with van der Waals surface area (Å²) >= 11 is 5.76. The molecule has 0 N–H and O–H groups in total. The quantitative estimate of drug-likeness (QED) is 0.807. The highest BCUT2D eigenvalue weighted by molar-refractivity contribution is 6.31. The maximum atomic E-state index is 13.1. The number of Topliss-reactive ketones (excluding diaryl/α,β-unsaturated/α-hetero) is 1. The van der Waals surface area contributed by atoms with Crippen molar-refractivity contribution in [3.63, 3.8) is 0 Å². The number of benzene rings is 1. The SMILES string of the molecule is CN(c1ccc(F)c(Cl)c1)C1CCC(=O)CC1. The van der Waals surface area contributed by atoms with Crippen LogP contribution in [0.25, 0.3) is 0 Å². The van der Waals surface area contributed by atoms with Gasteiger partial charge in [-0.15, -0.1) is 0 Å². The predicted octanol–water partition coefficient (Wildman–Crippen LogP) is 3.43. The van der Waals surface area contributed by atoms with Crippen molar-refractivity contribution in [2.45, 2.75) is 31.7 Å². The first-order valence-corrected chi connectivity index (χ1v) is 6.15. The van der Waals surface area contributed by atoms with E-state index in [0.717, 1.165) is 18.5 Å². The second kappa shape index (κ2) is 5.05. The van der Waals surface area contributed by atoms with Crippen molar-refractivity contribution in [2.75, 3.05) is 11.9 Å². The molecule has 1 saturated carbocycles. The van der Waals surface area contributed by atoms with Crippen LogP contribution < -0.4 is 4.90 Å². The Labute approximate surface area is 105 Å². The summed E-state index contributed by atoms with van der Waals surface area (Å²) in [7, 11) is 1.96. The van der Waals surface area contributed by atoms with E-state index in [0.29, 0.717) is 24.7 Å². The van der Waals surface area contributed by atoms with Crippen LogP contribution >= 0.6 is 11.6 Å². The Morgan fingerprint density at radius 2 is 2.00 bits per heavy atom. The average Bonchev–Trinajstić information content (AvgIpc) is 2.33. The first kappa shape index (κ1) is 12.4. The largest absolute Gasteiger partial charge is 0.372 e. The van der Waals surface area contributed by atoms with Gasteiger partial charge < -0.3 is 4.90 Å². The average molecular weight is 256 g/mol. The zero-order valence-electron chi connectivity index (χ0n) is 9.75. The van der Waals surface area contributed by atoms with Crippen LogP contribution in [0.2, 0.25) is 5.02 Å². The van der Waals surface area contributed by atoms with Crippen LogP contribution in [0.1, 0.15) is 25.7 Å². The number of hydrogen-bond acceptors (Lipinski definition) is 2. The number of halogens is 2. The molecule has 4 heteroatoms. The van der Waals surface area contributed by atoms with Gasteiger partial charge in [-0.2, -0.15) is 0 Å². The van der Waals surface area contributed by atoms with E-state index < -0.39 is 5.82 Å². The van der Waals surface area contributed by atoms with E-state index in [4.69, 9.17) is 11.6 Å². The van der Waals surface area contributed by atoms with Gasteiger partial charge in [0.25, 0.3) is 0 Å². The van der Waals surface area contributed by atoms with E-state index in [1.807, 2.05) is 7.05 Å². The van der Waals surface area contributed by atoms with Crippen molar-refractivity contribution in [1.29, 1.82) is 0 Å². The maximum Gasteiger partial charge on any atom is 0.141 e. The molecule has 0 saturated heterocycles. The highest BCUT2D eigenvalue weighted by atomic mass is 35.5. The molecule has 1 fully saturated rings. The minimum Gasteiger partial charge on any atom is -0.372 e. The third-order valence-corrected chi connectivity index (χ3v) is 3.66. The normalized spacial score (nSPS) is 17.2. The summed E-state index contributed by atoms with van der Waals surface area (Å²) < 4.78 is 13.1. The highest BCUT2D eigenvalue weighted by Gasteiger charge is 2.22. The first-order valence-electron chi connectivity index (χ1n) is 5.77. The summed E-state index contributed by atoms with van der Waals surface area (Å²) in [4.78, 5) is 13.3. The van der Waals surface area contributed by atoms with Gasteiger partial charge in [0.05, 0.1) is 5.02 Å². The van der Waals surface area contributed by atoms with Crippen molar-refractivity contribution in [3.05, 3.63) is 29.0 Å². The van der Waals surface area contributed by atoms with Gasteiger partial charge in [-0.3, -0.25) is 4.79 Å². The third-order valence-electron chi connectivity index (χ3n) is 3.37. The first-order chi connectivity index (χ1) is 8.08. The Morgan fingerprint density at radius 3 is 2.59 bits per heavy atom. The van der Waals surface area contributed by atoms with Crippen LogP contribution in [0.3, 0.4) is 0 Å². The molecule has 2 nitrogen and oxygen atoms in total. The van der Waals surface area contributed by atoms with Crippen LogP contribution in [0.15, 0.2) is 18.2 Å². The van der Waals surface area contributed by atoms with Crippen LogP contribution in [-0.2, 0) is 4.79 Å². The van der Waals surface area contributed by atoms with Gasteiger partial charge >= 0.3 is 0 Å². The van der Waals surface area contributed by atoms with Crippen LogP contribution in [0.5, 0.6) is 0 Å². The lowest BCUT2D eigenvalue weighted by Gasteiger charge is -2.32. The van der Waals surface area contributed by atoms with Crippen LogP contribution in [-0.4, -0.2) is 18.9 Å². The zero-order chi connectivity index (χ0) is 12.4. The lowest BCUT2D eigenvalue weighted by molar-refractivity contribution is -0.120. The summed E-state index contributed by atoms with van der Waals surface area (Å²) in [6.45, 7) is 0. The number of nitrogens with zero attached hydrogens (tertiary/aromatic N) is 1. The maximum absolute atomic E-state index is 13.1. The number of hydrogen-bond donors (Lipinski definition) is 0. The molecule has 1 aromatic rings. The fourth-order valence-corrected chi connectivity index (χ4v) is 2.40. The number of carbonyl (C=O) groups excluding carboxylic acids is 1. The molecule has 0 unspecified atom stereocenters. The predicted molar refractivity (Wildman–Crippen MR) is 67.1 cm³/mol. The Hall–Kier alpha value is -1.09. The lowest BCUT2D eigenvalue weighted by atomic mass is 9.93. The summed E-state index contributed by atoms with van der Waals surface area (Å²) in [6.07, 6.45) is 3.02. The molecule has 2 rings (SSSR count). The molecule has 0 aliphatic heterocycles. The van der Waals surface area contributed by atoms with Gasteiger partial charge in [0.15, 0.2) is 0 Å². The molecule has 0 heterocycles.